The topological polar surface area (TPSA) is 66.8 Å². The van der Waals surface area contributed by atoms with Crippen molar-refractivity contribution in [1.82, 2.24) is 24.6 Å². The largest absolute Gasteiger partial charge is 0.360 e. The lowest BCUT2D eigenvalue weighted by atomic mass is 9.98. The molecule has 3 aromatic heterocycles. The zero-order valence-electron chi connectivity index (χ0n) is 18.2. The van der Waals surface area contributed by atoms with Gasteiger partial charge < -0.3 is 9.88 Å². The molecule has 2 aliphatic rings. The summed E-state index contributed by atoms with van der Waals surface area (Å²) in [4.78, 5) is 23.5. The van der Waals surface area contributed by atoms with Gasteiger partial charge in [0.1, 0.15) is 5.82 Å². The number of aromatic nitrogens is 4. The Bertz CT molecular complexity index is 1430. The maximum Gasteiger partial charge on any atom is 0.255 e. The highest BCUT2D eigenvalue weighted by Crippen LogP contribution is 2.40. The minimum absolute atomic E-state index is 0.0340. The fraction of sp³-hybridized carbons (Fsp3) is 0.320. The Hall–Kier alpha value is -3.48. The average molecular weight is 429 g/mol. The number of rotatable bonds is 3. The summed E-state index contributed by atoms with van der Waals surface area (Å²) in [5, 5.41) is 6.39. The zero-order valence-corrected chi connectivity index (χ0v) is 18.2. The summed E-state index contributed by atoms with van der Waals surface area (Å²) < 4.78 is 15.3. The summed E-state index contributed by atoms with van der Waals surface area (Å²) in [6.45, 7) is 3.12. The summed E-state index contributed by atoms with van der Waals surface area (Å²) in [6.07, 6.45) is 7.07. The molecule has 32 heavy (non-hydrogen) atoms. The van der Waals surface area contributed by atoms with Gasteiger partial charge in [0.25, 0.3) is 5.91 Å². The Labute approximate surface area is 184 Å². The van der Waals surface area contributed by atoms with E-state index in [1.165, 1.54) is 17.7 Å². The molecular formula is C25H24FN5O. The maximum absolute atomic E-state index is 13.6. The van der Waals surface area contributed by atoms with Crippen molar-refractivity contribution in [2.75, 3.05) is 13.1 Å². The maximum atomic E-state index is 13.6. The number of pyridine rings is 1. The van der Waals surface area contributed by atoms with Crippen LogP contribution in [0.5, 0.6) is 0 Å². The normalized spacial score (nSPS) is 16.7. The van der Waals surface area contributed by atoms with E-state index >= 15 is 0 Å². The molecule has 0 bridgehead atoms. The van der Waals surface area contributed by atoms with Crippen LogP contribution in [0.3, 0.4) is 0 Å². The van der Waals surface area contributed by atoms with E-state index in [-0.39, 0.29) is 11.7 Å². The van der Waals surface area contributed by atoms with Crippen LogP contribution in [0.2, 0.25) is 0 Å². The lowest BCUT2D eigenvalue weighted by molar-refractivity contribution is 0.0774. The summed E-state index contributed by atoms with van der Waals surface area (Å²) in [7, 11) is 1.89. The number of amides is 1. The molecule has 0 saturated heterocycles. The van der Waals surface area contributed by atoms with Crippen LogP contribution < -0.4 is 0 Å². The minimum atomic E-state index is -0.250. The van der Waals surface area contributed by atoms with E-state index in [0.717, 1.165) is 58.2 Å². The second-order valence-electron chi connectivity index (χ2n) is 8.90. The van der Waals surface area contributed by atoms with Gasteiger partial charge in [-0.05, 0) is 56.0 Å². The monoisotopic (exact) mass is 429 g/mol. The molecule has 0 atom stereocenters. The number of nitrogens with one attached hydrogen (secondary N) is 1. The van der Waals surface area contributed by atoms with Gasteiger partial charge in [0.05, 0.1) is 16.6 Å². The number of aryl methyl sites for hydroxylation is 2. The van der Waals surface area contributed by atoms with Crippen LogP contribution in [-0.2, 0) is 7.05 Å². The van der Waals surface area contributed by atoms with E-state index in [9.17, 15) is 9.18 Å². The lowest BCUT2D eigenvalue weighted by Gasteiger charge is -2.27. The predicted octanol–water partition coefficient (Wildman–Crippen LogP) is 4.70. The van der Waals surface area contributed by atoms with E-state index in [1.54, 1.807) is 4.68 Å². The van der Waals surface area contributed by atoms with Gasteiger partial charge in [-0.2, -0.15) is 5.10 Å². The van der Waals surface area contributed by atoms with Crippen molar-refractivity contribution in [3.63, 3.8) is 0 Å². The molecule has 1 saturated carbocycles. The molecule has 162 valence electrons. The van der Waals surface area contributed by atoms with E-state index < -0.39 is 0 Å². The first-order valence-electron chi connectivity index (χ1n) is 11.1. The minimum Gasteiger partial charge on any atom is -0.360 e. The number of fused-ring (bicyclic) bond motifs is 2. The van der Waals surface area contributed by atoms with Crippen LogP contribution in [0.1, 0.15) is 52.5 Å². The lowest BCUT2D eigenvalue weighted by Crippen LogP contribution is -2.35. The SMILES string of the molecule is Cc1nn(C)c2nc(C3CC3)cc(C(=O)N3CC=C(c4c[nH]c5cc(F)ccc45)CC3)c12. The highest BCUT2D eigenvalue weighted by molar-refractivity contribution is 6.07. The fourth-order valence-corrected chi connectivity index (χ4v) is 4.85. The molecule has 6 nitrogen and oxygen atoms in total. The summed E-state index contributed by atoms with van der Waals surface area (Å²) in [6, 6.07) is 6.80. The highest BCUT2D eigenvalue weighted by atomic mass is 19.1. The van der Waals surface area contributed by atoms with E-state index in [4.69, 9.17) is 4.98 Å². The number of aromatic amines is 1. The van der Waals surface area contributed by atoms with Crippen molar-refractivity contribution in [2.45, 2.75) is 32.1 Å². The Morgan fingerprint density at radius 2 is 2.09 bits per heavy atom. The van der Waals surface area contributed by atoms with Crippen LogP contribution in [0.25, 0.3) is 27.5 Å². The smallest absolute Gasteiger partial charge is 0.255 e. The van der Waals surface area contributed by atoms with E-state index in [1.807, 2.05) is 37.2 Å². The number of hydrogen-bond acceptors (Lipinski definition) is 3. The first kappa shape index (κ1) is 19.2. The van der Waals surface area contributed by atoms with Gasteiger partial charge in [0.15, 0.2) is 5.65 Å². The number of nitrogens with zero attached hydrogens (tertiary/aromatic N) is 4. The molecule has 0 unspecified atom stereocenters. The number of carbonyl (C=O) groups is 1. The number of carbonyl (C=O) groups excluding carboxylic acids is 1. The molecule has 1 N–H and O–H groups in total. The highest BCUT2D eigenvalue weighted by Gasteiger charge is 2.30. The molecule has 1 aliphatic carbocycles. The molecule has 7 heteroatoms. The van der Waals surface area contributed by atoms with Crippen molar-refractivity contribution in [1.29, 1.82) is 0 Å². The van der Waals surface area contributed by atoms with Crippen LogP contribution in [0, 0.1) is 12.7 Å². The summed E-state index contributed by atoms with van der Waals surface area (Å²) in [5.74, 6) is 0.243. The number of hydrogen-bond donors (Lipinski definition) is 1. The summed E-state index contributed by atoms with van der Waals surface area (Å²) >= 11 is 0. The first-order chi connectivity index (χ1) is 15.5. The molecule has 0 radical (unpaired) electrons. The van der Waals surface area contributed by atoms with Crippen molar-refractivity contribution in [2.24, 2.45) is 7.05 Å². The van der Waals surface area contributed by atoms with Gasteiger partial charge in [-0.25, -0.2) is 9.37 Å². The van der Waals surface area contributed by atoms with E-state index in [0.29, 0.717) is 24.6 Å². The third-order valence-electron chi connectivity index (χ3n) is 6.70. The van der Waals surface area contributed by atoms with Crippen molar-refractivity contribution in [3.05, 3.63) is 64.9 Å². The van der Waals surface area contributed by atoms with Crippen molar-refractivity contribution < 1.29 is 9.18 Å². The van der Waals surface area contributed by atoms with Crippen LogP contribution >= 0.6 is 0 Å². The van der Waals surface area contributed by atoms with Crippen LogP contribution in [-0.4, -0.2) is 43.6 Å². The summed E-state index contributed by atoms with van der Waals surface area (Å²) in [5.41, 5.74) is 6.39. The standard InChI is InChI=1S/C25H24FN5O/c1-14-23-19(12-21(16-3-4-16)28-24(23)30(2)29-14)25(32)31-9-7-15(8-10-31)20-13-27-22-11-17(26)5-6-18(20)22/h5-7,11-13,16,27H,3-4,8-10H2,1-2H3. The van der Waals surface area contributed by atoms with Crippen LogP contribution in [0.15, 0.2) is 36.5 Å². The fourth-order valence-electron chi connectivity index (χ4n) is 4.85. The van der Waals surface area contributed by atoms with Gasteiger partial charge in [-0.3, -0.25) is 9.48 Å². The second kappa shape index (κ2) is 7.02. The molecule has 1 aliphatic heterocycles. The molecule has 1 aromatic carbocycles. The van der Waals surface area contributed by atoms with Gasteiger partial charge in [0.2, 0.25) is 0 Å². The average Bonchev–Trinajstić information content (AvgIpc) is 3.51. The third-order valence-corrected chi connectivity index (χ3v) is 6.70. The van der Waals surface area contributed by atoms with Gasteiger partial charge >= 0.3 is 0 Å². The Balaban J connectivity index is 1.33. The van der Waals surface area contributed by atoms with Gasteiger partial charge in [-0.1, -0.05) is 6.08 Å². The first-order valence-corrected chi connectivity index (χ1v) is 11.1. The quantitative estimate of drug-likeness (QED) is 0.513. The number of halogens is 1. The molecule has 1 amide bonds. The zero-order chi connectivity index (χ0) is 22.0. The third kappa shape index (κ3) is 3.03. The Morgan fingerprint density at radius 1 is 1.25 bits per heavy atom. The molecular weight excluding hydrogens is 405 g/mol. The van der Waals surface area contributed by atoms with Gasteiger partial charge in [0, 0.05) is 54.4 Å². The van der Waals surface area contributed by atoms with Crippen LogP contribution in [0.4, 0.5) is 4.39 Å². The molecule has 6 rings (SSSR count). The molecule has 1 fully saturated rings. The predicted molar refractivity (Wildman–Crippen MR) is 122 cm³/mol. The Kier molecular flexibility index (Phi) is 4.22. The second-order valence-corrected chi connectivity index (χ2v) is 8.90. The Morgan fingerprint density at radius 3 is 2.84 bits per heavy atom. The number of H-pyrrole nitrogens is 1. The van der Waals surface area contributed by atoms with Gasteiger partial charge in [-0.15, -0.1) is 0 Å². The number of benzene rings is 1. The van der Waals surface area contributed by atoms with Crippen molar-refractivity contribution >= 4 is 33.4 Å². The molecule has 0 spiro atoms. The van der Waals surface area contributed by atoms with E-state index in [2.05, 4.69) is 16.2 Å². The molecule has 4 aromatic rings. The van der Waals surface area contributed by atoms with Crippen molar-refractivity contribution in [3.8, 4) is 0 Å². The molecule has 4 heterocycles.